The van der Waals surface area contributed by atoms with Gasteiger partial charge in [-0.25, -0.2) is 0 Å². The van der Waals surface area contributed by atoms with Crippen LogP contribution < -0.4 is 5.32 Å². The first-order chi connectivity index (χ1) is 12.3. The average molecular weight is 337 g/mol. The number of imide groups is 1. The fraction of sp³-hybridized carbons (Fsp3) is 0.273. The van der Waals surface area contributed by atoms with Gasteiger partial charge in [0, 0.05) is 10.9 Å². The van der Waals surface area contributed by atoms with E-state index >= 15 is 0 Å². The highest BCUT2D eigenvalue weighted by molar-refractivity contribution is 6.30. The summed E-state index contributed by atoms with van der Waals surface area (Å²) in [6.07, 6.45) is 0. The minimum Gasteiger partial charge on any atom is -0.288 e. The van der Waals surface area contributed by atoms with Crippen molar-refractivity contribution in [2.24, 2.45) is 0 Å². The Kier molecular flexibility index (Phi) is 7.80. The monoisotopic (exact) mass is 337 g/mol. The first-order valence-corrected chi connectivity index (χ1v) is 9.06. The minimum atomic E-state index is -0.321. The molecule has 3 heteroatoms. The third-order valence-corrected chi connectivity index (χ3v) is 3.59. The molecule has 0 saturated carbocycles. The van der Waals surface area contributed by atoms with Gasteiger partial charge < -0.3 is 0 Å². The molecule has 0 atom stereocenters. The summed E-state index contributed by atoms with van der Waals surface area (Å²) in [4.78, 5) is 24.1. The lowest BCUT2D eigenvalue weighted by Gasteiger charge is -2.18. The number of hydrogen-bond donors (Lipinski definition) is 1. The Morgan fingerprint density at radius 2 is 1.28 bits per heavy atom. The zero-order chi connectivity index (χ0) is 19.0. The lowest BCUT2D eigenvalue weighted by molar-refractivity contribution is 0.0846. The summed E-state index contributed by atoms with van der Waals surface area (Å²) in [5.74, 6) is -0.635. The fourth-order valence-corrected chi connectivity index (χ4v) is 2.78. The molecule has 3 aromatic rings. The van der Waals surface area contributed by atoms with Gasteiger partial charge in [-0.3, -0.25) is 14.9 Å². The van der Waals surface area contributed by atoms with Gasteiger partial charge >= 0.3 is 0 Å². The first-order valence-electron chi connectivity index (χ1n) is 9.06. The Balaban J connectivity index is 0.000000475. The zero-order valence-electron chi connectivity index (χ0n) is 15.9. The number of fused-ring (bicyclic) bond motifs is 2. The number of hydrogen-bond acceptors (Lipinski definition) is 2. The molecule has 3 nitrogen and oxygen atoms in total. The van der Waals surface area contributed by atoms with Crippen LogP contribution in [0.5, 0.6) is 0 Å². The quantitative estimate of drug-likeness (QED) is 0.406. The van der Waals surface area contributed by atoms with E-state index in [1.807, 2.05) is 84.0 Å². The van der Waals surface area contributed by atoms with E-state index in [0.717, 1.165) is 21.5 Å². The number of nitrogens with one attached hydrogen (secondary N) is 1. The molecule has 1 N–H and O–H groups in total. The normalized spacial score (nSPS) is 11.3. The Morgan fingerprint density at radius 3 is 1.96 bits per heavy atom. The van der Waals surface area contributed by atoms with Gasteiger partial charge in [-0.1, -0.05) is 77.9 Å². The fourth-order valence-electron chi connectivity index (χ4n) is 2.78. The summed E-state index contributed by atoms with van der Waals surface area (Å²) in [5, 5.41) is 5.98. The van der Waals surface area contributed by atoms with Crippen LogP contribution >= 0.6 is 0 Å². The van der Waals surface area contributed by atoms with Crippen molar-refractivity contribution in [3.05, 3.63) is 59.7 Å². The molecule has 25 heavy (non-hydrogen) atoms. The molecule has 0 aliphatic carbocycles. The van der Waals surface area contributed by atoms with Crippen molar-refractivity contribution in [1.82, 2.24) is 5.32 Å². The third kappa shape index (κ3) is 3.71. The Morgan fingerprint density at radius 1 is 0.680 bits per heavy atom. The predicted molar refractivity (Wildman–Crippen MR) is 107 cm³/mol. The number of rotatable bonds is 0. The highest BCUT2D eigenvalue weighted by Crippen LogP contribution is 2.32. The van der Waals surface area contributed by atoms with Gasteiger partial charge in [0.15, 0.2) is 0 Å². The van der Waals surface area contributed by atoms with Gasteiger partial charge in [0.05, 0.1) is 5.56 Å². The van der Waals surface area contributed by atoms with E-state index in [1.165, 1.54) is 0 Å². The molecule has 1 aliphatic rings. The second-order valence-electron chi connectivity index (χ2n) is 4.66. The lowest BCUT2D eigenvalue weighted by Crippen LogP contribution is -2.34. The summed E-state index contributed by atoms with van der Waals surface area (Å²) < 4.78 is 0. The summed E-state index contributed by atoms with van der Waals surface area (Å²) in [6, 6.07) is 15.3. The molecule has 0 spiro atoms. The van der Waals surface area contributed by atoms with Gasteiger partial charge in [-0.15, -0.1) is 0 Å². The second-order valence-corrected chi connectivity index (χ2v) is 4.66. The molecule has 4 rings (SSSR count). The largest absolute Gasteiger partial charge is 0.288 e. The highest BCUT2D eigenvalue weighted by atomic mass is 16.2. The number of amides is 2. The maximum Gasteiger partial charge on any atom is 0.259 e. The molecular weight excluding hydrogens is 310 g/mol. The van der Waals surface area contributed by atoms with Crippen LogP contribution in [0.1, 0.15) is 62.3 Å². The van der Waals surface area contributed by atoms with Crippen molar-refractivity contribution in [2.75, 3.05) is 0 Å². The molecule has 132 valence electrons. The molecule has 0 unspecified atom stereocenters. The molecule has 0 saturated heterocycles. The smallest absolute Gasteiger partial charge is 0.259 e. The summed E-state index contributed by atoms with van der Waals surface area (Å²) in [5.41, 5.74) is 1.17. The van der Waals surface area contributed by atoms with Crippen LogP contribution in [0.25, 0.3) is 21.5 Å². The van der Waals surface area contributed by atoms with Crippen LogP contribution in [-0.2, 0) is 0 Å². The SMILES string of the molecule is CC.CC.CC.O=C1NC(=O)c2c3ccccc3cc3cccc1c23. The summed E-state index contributed by atoms with van der Waals surface area (Å²) >= 11 is 0. The predicted octanol–water partition coefficient (Wildman–Crippen LogP) is 5.96. The van der Waals surface area contributed by atoms with Gasteiger partial charge in [0.1, 0.15) is 0 Å². The zero-order valence-corrected chi connectivity index (χ0v) is 15.9. The highest BCUT2D eigenvalue weighted by Gasteiger charge is 2.26. The number of carbonyl (C=O) groups is 2. The van der Waals surface area contributed by atoms with Gasteiger partial charge in [-0.2, -0.15) is 0 Å². The molecule has 2 amide bonds. The molecule has 0 fully saturated rings. The van der Waals surface area contributed by atoms with Crippen molar-refractivity contribution in [1.29, 1.82) is 0 Å². The Labute approximate surface area is 150 Å². The Bertz CT molecular complexity index is 882. The van der Waals surface area contributed by atoms with Gasteiger partial charge in [0.2, 0.25) is 0 Å². The maximum absolute atomic E-state index is 12.2. The van der Waals surface area contributed by atoms with Crippen molar-refractivity contribution >= 4 is 33.4 Å². The number of carbonyl (C=O) groups excluding carboxylic acids is 2. The van der Waals surface area contributed by atoms with E-state index in [-0.39, 0.29) is 11.8 Å². The topological polar surface area (TPSA) is 46.2 Å². The minimum absolute atomic E-state index is 0.314. The van der Waals surface area contributed by atoms with Crippen LogP contribution in [0.3, 0.4) is 0 Å². The van der Waals surface area contributed by atoms with Crippen LogP contribution in [-0.4, -0.2) is 11.8 Å². The van der Waals surface area contributed by atoms with Crippen molar-refractivity contribution in [3.8, 4) is 0 Å². The average Bonchev–Trinajstić information content (AvgIpc) is 2.69. The van der Waals surface area contributed by atoms with E-state index in [0.29, 0.717) is 11.1 Å². The van der Waals surface area contributed by atoms with Crippen LogP contribution in [0.4, 0.5) is 0 Å². The van der Waals surface area contributed by atoms with Crippen molar-refractivity contribution in [3.63, 3.8) is 0 Å². The summed E-state index contributed by atoms with van der Waals surface area (Å²) in [7, 11) is 0. The molecule has 1 aliphatic heterocycles. The summed E-state index contributed by atoms with van der Waals surface area (Å²) in [6.45, 7) is 12.0. The van der Waals surface area contributed by atoms with E-state index in [1.54, 1.807) is 6.07 Å². The molecule has 0 radical (unpaired) electrons. The standard InChI is InChI=1S/C16H9NO2.3C2H6/c18-15-12-7-3-5-10-8-9-4-1-2-6-11(9)14(13(10)12)16(19)17-15;3*1-2/h1-8H,(H,17,18,19);3*1-2H3. The lowest BCUT2D eigenvalue weighted by atomic mass is 9.90. The third-order valence-electron chi connectivity index (χ3n) is 3.59. The van der Waals surface area contributed by atoms with E-state index in [9.17, 15) is 9.59 Å². The van der Waals surface area contributed by atoms with Gasteiger partial charge in [0.25, 0.3) is 11.8 Å². The Hall–Kier alpha value is -2.68. The van der Waals surface area contributed by atoms with Gasteiger partial charge in [-0.05, 0) is 28.3 Å². The molecule has 0 aromatic heterocycles. The van der Waals surface area contributed by atoms with Crippen LogP contribution in [0.2, 0.25) is 0 Å². The molecule has 3 aromatic carbocycles. The molecular formula is C22H27NO2. The maximum atomic E-state index is 12.2. The van der Waals surface area contributed by atoms with Crippen LogP contribution in [0, 0.1) is 0 Å². The molecule has 0 bridgehead atoms. The van der Waals surface area contributed by atoms with Crippen molar-refractivity contribution in [2.45, 2.75) is 41.5 Å². The van der Waals surface area contributed by atoms with E-state index in [2.05, 4.69) is 5.32 Å². The molecule has 1 heterocycles. The van der Waals surface area contributed by atoms with E-state index in [4.69, 9.17) is 0 Å². The van der Waals surface area contributed by atoms with E-state index < -0.39 is 0 Å². The number of benzene rings is 3. The van der Waals surface area contributed by atoms with Crippen molar-refractivity contribution < 1.29 is 9.59 Å². The second kappa shape index (κ2) is 9.58. The first kappa shape index (κ1) is 20.4. The van der Waals surface area contributed by atoms with Crippen LogP contribution in [0.15, 0.2) is 48.5 Å².